The summed E-state index contributed by atoms with van der Waals surface area (Å²) < 4.78 is 5.23. The number of hydrogen-bond acceptors (Lipinski definition) is 5. The van der Waals surface area contributed by atoms with Gasteiger partial charge in [-0.15, -0.1) is 0 Å². The molecule has 17 heavy (non-hydrogen) atoms. The van der Waals surface area contributed by atoms with Gasteiger partial charge in [0.25, 0.3) is 0 Å². The highest BCUT2D eigenvalue weighted by Gasteiger charge is 2.09. The maximum absolute atomic E-state index is 8.77. The van der Waals surface area contributed by atoms with Crippen molar-refractivity contribution in [2.24, 2.45) is 0 Å². The van der Waals surface area contributed by atoms with Crippen molar-refractivity contribution in [3.63, 3.8) is 0 Å². The van der Waals surface area contributed by atoms with Crippen molar-refractivity contribution in [2.75, 3.05) is 11.9 Å². The molecule has 0 aliphatic carbocycles. The van der Waals surface area contributed by atoms with Gasteiger partial charge in [-0.1, -0.05) is 0 Å². The Labute approximate surface area is 99.3 Å². The summed E-state index contributed by atoms with van der Waals surface area (Å²) in [5.74, 6) is 1.41. The lowest BCUT2D eigenvalue weighted by Crippen LogP contribution is -2.19. The van der Waals surface area contributed by atoms with E-state index in [-0.39, 0.29) is 0 Å². The standard InChI is InChI=1S/C12H12N4O/c1-9-10(4-6-17-9)8-16(2)12-14-5-3-11(7-13)15-12/h3-6H,8H2,1-2H3. The molecule has 5 nitrogen and oxygen atoms in total. The van der Waals surface area contributed by atoms with E-state index in [1.54, 1.807) is 18.5 Å². The molecule has 0 amide bonds. The van der Waals surface area contributed by atoms with E-state index in [0.717, 1.165) is 11.3 Å². The zero-order chi connectivity index (χ0) is 12.3. The number of rotatable bonds is 3. The maximum Gasteiger partial charge on any atom is 0.226 e. The normalized spacial score (nSPS) is 9.94. The molecule has 2 heterocycles. The third kappa shape index (κ3) is 2.42. The molecule has 0 aliphatic rings. The summed E-state index contributed by atoms with van der Waals surface area (Å²) >= 11 is 0. The minimum atomic E-state index is 0.366. The van der Waals surface area contributed by atoms with E-state index in [2.05, 4.69) is 9.97 Å². The van der Waals surface area contributed by atoms with E-state index in [9.17, 15) is 0 Å². The van der Waals surface area contributed by atoms with Gasteiger partial charge in [0.05, 0.1) is 6.26 Å². The molecule has 0 unspecified atom stereocenters. The lowest BCUT2D eigenvalue weighted by Gasteiger charge is -2.16. The number of aromatic nitrogens is 2. The Bertz CT molecular complexity index is 556. The molecule has 0 fully saturated rings. The van der Waals surface area contributed by atoms with Gasteiger partial charge in [0.15, 0.2) is 0 Å². The molecule has 0 atom stereocenters. The number of nitrogens with zero attached hydrogens (tertiary/aromatic N) is 4. The first-order valence-electron chi connectivity index (χ1n) is 5.18. The fraction of sp³-hybridized carbons (Fsp3) is 0.250. The Morgan fingerprint density at radius 2 is 2.29 bits per heavy atom. The minimum Gasteiger partial charge on any atom is -0.469 e. The highest BCUT2D eigenvalue weighted by Crippen LogP contribution is 2.14. The molecule has 0 spiro atoms. The van der Waals surface area contributed by atoms with Gasteiger partial charge in [-0.25, -0.2) is 9.97 Å². The Hall–Kier alpha value is -2.35. The van der Waals surface area contributed by atoms with Gasteiger partial charge in [0, 0.05) is 25.4 Å². The summed E-state index contributed by atoms with van der Waals surface area (Å²) in [5.41, 5.74) is 1.45. The largest absolute Gasteiger partial charge is 0.469 e. The van der Waals surface area contributed by atoms with Crippen molar-refractivity contribution in [3.8, 4) is 6.07 Å². The molecule has 2 rings (SSSR count). The average Bonchev–Trinajstić information content (AvgIpc) is 2.75. The van der Waals surface area contributed by atoms with Gasteiger partial charge in [-0.2, -0.15) is 5.26 Å². The highest BCUT2D eigenvalue weighted by atomic mass is 16.3. The van der Waals surface area contributed by atoms with Crippen LogP contribution >= 0.6 is 0 Å². The van der Waals surface area contributed by atoms with Gasteiger partial charge < -0.3 is 9.32 Å². The molecule has 0 radical (unpaired) electrons. The molecule has 0 bridgehead atoms. The van der Waals surface area contributed by atoms with Gasteiger partial charge in [0.1, 0.15) is 17.5 Å². The first-order chi connectivity index (χ1) is 8.20. The van der Waals surface area contributed by atoms with Gasteiger partial charge in [-0.3, -0.25) is 0 Å². The number of aryl methyl sites for hydroxylation is 1. The molecule has 0 aromatic carbocycles. The van der Waals surface area contributed by atoms with Crippen LogP contribution in [0.5, 0.6) is 0 Å². The van der Waals surface area contributed by atoms with E-state index in [4.69, 9.17) is 9.68 Å². The van der Waals surface area contributed by atoms with Crippen molar-refractivity contribution in [1.82, 2.24) is 9.97 Å². The molecule has 0 saturated heterocycles. The summed E-state index contributed by atoms with van der Waals surface area (Å²) in [7, 11) is 1.88. The highest BCUT2D eigenvalue weighted by molar-refractivity contribution is 5.34. The van der Waals surface area contributed by atoms with Crippen LogP contribution in [0.4, 0.5) is 5.95 Å². The second kappa shape index (κ2) is 4.66. The van der Waals surface area contributed by atoms with Crippen molar-refractivity contribution in [2.45, 2.75) is 13.5 Å². The van der Waals surface area contributed by atoms with Gasteiger partial charge in [-0.05, 0) is 19.1 Å². The molecule has 0 aliphatic heterocycles. The maximum atomic E-state index is 8.77. The second-order valence-electron chi connectivity index (χ2n) is 3.71. The lowest BCUT2D eigenvalue weighted by atomic mass is 10.2. The van der Waals surface area contributed by atoms with Crippen molar-refractivity contribution < 1.29 is 4.42 Å². The molecule has 0 saturated carbocycles. The van der Waals surface area contributed by atoms with Crippen LogP contribution in [-0.2, 0) is 6.54 Å². The Morgan fingerprint density at radius 1 is 1.47 bits per heavy atom. The van der Waals surface area contributed by atoms with E-state index in [1.165, 1.54) is 0 Å². The predicted molar refractivity (Wildman–Crippen MR) is 62.3 cm³/mol. The van der Waals surface area contributed by atoms with Crippen molar-refractivity contribution >= 4 is 5.95 Å². The summed E-state index contributed by atoms with van der Waals surface area (Å²) in [5, 5.41) is 8.77. The quantitative estimate of drug-likeness (QED) is 0.802. The van der Waals surface area contributed by atoms with Crippen LogP contribution in [0.1, 0.15) is 17.0 Å². The van der Waals surface area contributed by atoms with Gasteiger partial charge >= 0.3 is 0 Å². The number of hydrogen-bond donors (Lipinski definition) is 0. The summed E-state index contributed by atoms with van der Waals surface area (Å²) in [6, 6.07) is 5.50. The van der Waals surface area contributed by atoms with Crippen LogP contribution in [0.25, 0.3) is 0 Å². The lowest BCUT2D eigenvalue weighted by molar-refractivity contribution is 0.529. The molecule has 2 aromatic heterocycles. The second-order valence-corrected chi connectivity index (χ2v) is 3.71. The van der Waals surface area contributed by atoms with E-state index < -0.39 is 0 Å². The third-order valence-electron chi connectivity index (χ3n) is 2.47. The zero-order valence-corrected chi connectivity index (χ0v) is 9.71. The zero-order valence-electron chi connectivity index (χ0n) is 9.71. The molecule has 2 aromatic rings. The van der Waals surface area contributed by atoms with Crippen LogP contribution in [0.15, 0.2) is 29.0 Å². The van der Waals surface area contributed by atoms with Crippen molar-refractivity contribution in [1.29, 1.82) is 5.26 Å². The van der Waals surface area contributed by atoms with Crippen LogP contribution in [0, 0.1) is 18.3 Å². The first kappa shape index (κ1) is 11.1. The summed E-state index contributed by atoms with van der Waals surface area (Å²) in [4.78, 5) is 10.1. The Morgan fingerprint density at radius 3 is 2.94 bits per heavy atom. The smallest absolute Gasteiger partial charge is 0.226 e. The SMILES string of the molecule is Cc1occc1CN(C)c1nccc(C#N)n1. The van der Waals surface area contributed by atoms with Crippen LogP contribution < -0.4 is 4.90 Å². The molecule has 86 valence electrons. The van der Waals surface area contributed by atoms with Crippen molar-refractivity contribution in [3.05, 3.63) is 41.6 Å². The predicted octanol–water partition coefficient (Wildman–Crippen LogP) is 1.89. The Kier molecular flexibility index (Phi) is 3.06. The molecular formula is C12H12N4O. The minimum absolute atomic E-state index is 0.366. The third-order valence-corrected chi connectivity index (χ3v) is 2.47. The fourth-order valence-corrected chi connectivity index (χ4v) is 1.50. The Balaban J connectivity index is 2.17. The van der Waals surface area contributed by atoms with Crippen LogP contribution in [0.2, 0.25) is 0 Å². The van der Waals surface area contributed by atoms with E-state index in [0.29, 0.717) is 18.2 Å². The van der Waals surface area contributed by atoms with E-state index >= 15 is 0 Å². The monoisotopic (exact) mass is 228 g/mol. The molecule has 0 N–H and O–H groups in total. The topological polar surface area (TPSA) is 66.0 Å². The molecular weight excluding hydrogens is 216 g/mol. The summed E-state index contributed by atoms with van der Waals surface area (Å²) in [6.07, 6.45) is 3.24. The number of anilines is 1. The summed E-state index contributed by atoms with van der Waals surface area (Å²) in [6.45, 7) is 2.56. The van der Waals surface area contributed by atoms with Crippen LogP contribution in [-0.4, -0.2) is 17.0 Å². The van der Waals surface area contributed by atoms with E-state index in [1.807, 2.05) is 31.0 Å². The fourth-order valence-electron chi connectivity index (χ4n) is 1.50. The average molecular weight is 228 g/mol. The van der Waals surface area contributed by atoms with Gasteiger partial charge in [0.2, 0.25) is 5.95 Å². The number of nitriles is 1. The van der Waals surface area contributed by atoms with Crippen LogP contribution in [0.3, 0.4) is 0 Å². The molecule has 5 heteroatoms. The first-order valence-corrected chi connectivity index (χ1v) is 5.18. The number of furan rings is 1.